The number of esters is 1. The number of ether oxygens (including phenoxy) is 2. The molecule has 2 heterocycles. The predicted octanol–water partition coefficient (Wildman–Crippen LogP) is 1.82. The van der Waals surface area contributed by atoms with Crippen LogP contribution in [0.5, 0.6) is 0 Å². The lowest BCUT2D eigenvalue weighted by molar-refractivity contribution is -0.161. The van der Waals surface area contributed by atoms with Crippen molar-refractivity contribution in [3.63, 3.8) is 0 Å². The smallest absolute Gasteiger partial charge is 0.411 e. The monoisotopic (exact) mass is 609 g/mol. The average Bonchev–Trinajstić information content (AvgIpc) is 3.31. The summed E-state index contributed by atoms with van der Waals surface area (Å²) in [6, 6.07) is 2.55. The van der Waals surface area contributed by atoms with Crippen molar-refractivity contribution < 1.29 is 33.8 Å². The molecule has 2 fully saturated rings. The number of amides is 3. The summed E-state index contributed by atoms with van der Waals surface area (Å²) < 4.78 is 10.7. The Labute approximate surface area is 252 Å². The van der Waals surface area contributed by atoms with Crippen LogP contribution in [0.3, 0.4) is 0 Å². The summed E-state index contributed by atoms with van der Waals surface area (Å²) in [4.78, 5) is 57.1. The lowest BCUT2D eigenvalue weighted by atomic mass is 10.1. The summed E-state index contributed by atoms with van der Waals surface area (Å²) in [6.45, 7) is 14.1. The van der Waals surface area contributed by atoms with Crippen LogP contribution in [0.25, 0.3) is 0 Å². The van der Waals surface area contributed by atoms with E-state index in [0.717, 1.165) is 11.3 Å². The van der Waals surface area contributed by atoms with Crippen molar-refractivity contribution >= 4 is 41.2 Å². The number of nitrogens with two attached hydrogens (primary N) is 1. The van der Waals surface area contributed by atoms with Crippen LogP contribution in [0.15, 0.2) is 18.2 Å². The standard InChI is InChI=1S/C29H44ClN5O7/c1-17-19(30)9-8-10-20(17)33-11-13-34(14-12-33)25(38)21-15-18(16-35(21)27(40)42-29(5,6)7)32-24(37)23(36)22(31)26(39)41-28(2,3)4/h8-10,18,21-23,36H,11-16,31H2,1-7H3,(H,32,37)/t18?,21-,22?,23?/m0/s1. The number of halogens is 1. The first kappa shape index (κ1) is 33.4. The molecule has 0 spiro atoms. The molecule has 0 aliphatic carbocycles. The Kier molecular flexibility index (Phi) is 10.4. The lowest BCUT2D eigenvalue weighted by Gasteiger charge is -2.39. The number of anilines is 1. The highest BCUT2D eigenvalue weighted by atomic mass is 35.5. The van der Waals surface area contributed by atoms with E-state index >= 15 is 0 Å². The summed E-state index contributed by atoms with van der Waals surface area (Å²) in [5, 5.41) is 13.8. The van der Waals surface area contributed by atoms with Crippen LogP contribution in [0.2, 0.25) is 5.02 Å². The highest BCUT2D eigenvalue weighted by molar-refractivity contribution is 6.31. The summed E-state index contributed by atoms with van der Waals surface area (Å²) in [6.07, 6.45) is -2.46. The summed E-state index contributed by atoms with van der Waals surface area (Å²) >= 11 is 6.30. The first-order valence-corrected chi connectivity index (χ1v) is 14.5. The zero-order valence-corrected chi connectivity index (χ0v) is 26.2. The maximum absolute atomic E-state index is 13.7. The van der Waals surface area contributed by atoms with Gasteiger partial charge in [-0.25, -0.2) is 4.79 Å². The molecule has 1 aromatic rings. The fraction of sp³-hybridized carbons (Fsp3) is 0.655. The van der Waals surface area contributed by atoms with E-state index in [4.69, 9.17) is 26.8 Å². The number of nitrogens with zero attached hydrogens (tertiary/aromatic N) is 3. The van der Waals surface area contributed by atoms with Crippen molar-refractivity contribution in [2.45, 2.75) is 90.3 Å². The van der Waals surface area contributed by atoms with Gasteiger partial charge in [0.25, 0.3) is 5.91 Å². The maximum Gasteiger partial charge on any atom is 0.411 e. The van der Waals surface area contributed by atoms with Crippen molar-refractivity contribution in [2.75, 3.05) is 37.6 Å². The maximum atomic E-state index is 13.7. The van der Waals surface area contributed by atoms with Gasteiger partial charge in [0, 0.05) is 49.5 Å². The molecular weight excluding hydrogens is 566 g/mol. The molecule has 2 saturated heterocycles. The molecule has 2 aliphatic rings. The van der Waals surface area contributed by atoms with Gasteiger partial charge in [-0.1, -0.05) is 17.7 Å². The molecule has 3 rings (SSSR count). The molecule has 12 nitrogen and oxygen atoms in total. The molecule has 234 valence electrons. The number of benzene rings is 1. The van der Waals surface area contributed by atoms with Gasteiger partial charge in [-0.2, -0.15) is 0 Å². The molecule has 3 unspecified atom stereocenters. The number of likely N-dealkylation sites (tertiary alicyclic amines) is 1. The molecule has 0 radical (unpaired) electrons. The van der Waals surface area contributed by atoms with E-state index in [0.29, 0.717) is 31.2 Å². The number of hydrogen-bond acceptors (Lipinski definition) is 9. The van der Waals surface area contributed by atoms with E-state index in [1.54, 1.807) is 46.4 Å². The molecule has 3 amide bonds. The fourth-order valence-corrected chi connectivity index (χ4v) is 5.13. The van der Waals surface area contributed by atoms with Crippen LogP contribution in [0, 0.1) is 6.92 Å². The highest BCUT2D eigenvalue weighted by Gasteiger charge is 2.45. The minimum Gasteiger partial charge on any atom is -0.459 e. The van der Waals surface area contributed by atoms with Crippen LogP contribution < -0.4 is 16.0 Å². The SMILES string of the molecule is Cc1c(Cl)cccc1N1CCN(C(=O)[C@@H]2CC(NC(=O)C(O)C(N)C(=O)OC(C)(C)C)CN2C(=O)OC(C)(C)C)CC1. The molecule has 0 saturated carbocycles. The first-order valence-electron chi connectivity index (χ1n) is 14.1. The number of carbonyl (C=O) groups is 4. The van der Waals surface area contributed by atoms with E-state index in [1.165, 1.54) is 4.90 Å². The summed E-state index contributed by atoms with van der Waals surface area (Å²) in [7, 11) is 0. The molecule has 0 bridgehead atoms. The Balaban J connectivity index is 1.70. The summed E-state index contributed by atoms with van der Waals surface area (Å²) in [5.74, 6) is -2.08. The normalized spacial score (nSPS) is 21.0. The van der Waals surface area contributed by atoms with Gasteiger partial charge < -0.3 is 35.4 Å². The second-order valence-electron chi connectivity index (χ2n) is 12.8. The first-order chi connectivity index (χ1) is 19.4. The van der Waals surface area contributed by atoms with Crippen LogP contribution >= 0.6 is 11.6 Å². The number of rotatable bonds is 6. The highest BCUT2D eigenvalue weighted by Crippen LogP contribution is 2.28. The number of piperazine rings is 1. The number of aliphatic hydroxyl groups excluding tert-OH is 1. The summed E-state index contributed by atoms with van der Waals surface area (Å²) in [5.41, 5.74) is 6.12. The molecule has 1 aromatic carbocycles. The van der Waals surface area contributed by atoms with E-state index in [2.05, 4.69) is 10.2 Å². The van der Waals surface area contributed by atoms with E-state index in [9.17, 15) is 24.3 Å². The third-order valence-corrected chi connectivity index (χ3v) is 7.43. The Morgan fingerprint density at radius 2 is 1.62 bits per heavy atom. The van der Waals surface area contributed by atoms with Crippen LogP contribution in [-0.4, -0.2) is 107 Å². The molecule has 42 heavy (non-hydrogen) atoms. The molecule has 2 aliphatic heterocycles. The second kappa shape index (κ2) is 13.0. The van der Waals surface area contributed by atoms with Crippen molar-refractivity contribution in [3.05, 3.63) is 28.8 Å². The Morgan fingerprint density at radius 3 is 2.19 bits per heavy atom. The molecule has 0 aromatic heterocycles. The van der Waals surface area contributed by atoms with Crippen molar-refractivity contribution in [1.29, 1.82) is 0 Å². The van der Waals surface area contributed by atoms with Crippen LogP contribution in [0.1, 0.15) is 53.5 Å². The average molecular weight is 610 g/mol. The van der Waals surface area contributed by atoms with Gasteiger partial charge in [0.2, 0.25) is 5.91 Å². The largest absolute Gasteiger partial charge is 0.459 e. The van der Waals surface area contributed by atoms with Crippen molar-refractivity contribution in [1.82, 2.24) is 15.1 Å². The molecule has 4 N–H and O–H groups in total. The lowest BCUT2D eigenvalue weighted by Crippen LogP contribution is -2.55. The van der Waals surface area contributed by atoms with Gasteiger partial charge in [-0.15, -0.1) is 0 Å². The second-order valence-corrected chi connectivity index (χ2v) is 13.2. The zero-order valence-electron chi connectivity index (χ0n) is 25.5. The quantitative estimate of drug-likeness (QED) is 0.410. The predicted molar refractivity (Wildman–Crippen MR) is 158 cm³/mol. The van der Waals surface area contributed by atoms with Gasteiger partial charge in [-0.05, 0) is 72.6 Å². The zero-order chi connectivity index (χ0) is 31.6. The van der Waals surface area contributed by atoms with Gasteiger partial charge >= 0.3 is 12.1 Å². The minimum atomic E-state index is -1.88. The van der Waals surface area contributed by atoms with Crippen molar-refractivity contribution in [2.24, 2.45) is 5.73 Å². The molecule has 13 heteroatoms. The number of carbonyl (C=O) groups excluding carboxylic acids is 4. The van der Waals surface area contributed by atoms with Gasteiger partial charge in [0.05, 0.1) is 0 Å². The molecule has 4 atom stereocenters. The number of nitrogens with one attached hydrogen (secondary N) is 1. The Bertz CT molecular complexity index is 1170. The third kappa shape index (κ3) is 8.48. The van der Waals surface area contributed by atoms with Gasteiger partial charge in [-0.3, -0.25) is 19.3 Å². The van der Waals surface area contributed by atoms with E-state index in [1.807, 2.05) is 25.1 Å². The van der Waals surface area contributed by atoms with Gasteiger partial charge in [0.1, 0.15) is 23.3 Å². The minimum absolute atomic E-state index is 0.0207. The van der Waals surface area contributed by atoms with Crippen molar-refractivity contribution in [3.8, 4) is 0 Å². The third-order valence-electron chi connectivity index (χ3n) is 7.02. The van der Waals surface area contributed by atoms with E-state index in [-0.39, 0.29) is 18.9 Å². The Hall–Kier alpha value is -3.09. The molecular formula is C29H44ClN5O7. The van der Waals surface area contributed by atoms with E-state index < -0.39 is 53.4 Å². The Morgan fingerprint density at radius 1 is 1.02 bits per heavy atom. The van der Waals surface area contributed by atoms with Gasteiger partial charge in [0.15, 0.2) is 6.10 Å². The topological polar surface area (TPSA) is 155 Å². The van der Waals surface area contributed by atoms with Crippen LogP contribution in [0.4, 0.5) is 10.5 Å². The van der Waals surface area contributed by atoms with Crippen LogP contribution in [-0.2, 0) is 23.9 Å². The number of aliphatic hydroxyl groups is 1. The fourth-order valence-electron chi connectivity index (χ4n) is 4.96. The number of hydrogen-bond donors (Lipinski definition) is 3.